The number of rotatable bonds is 4. The Bertz CT molecular complexity index is 3720. The van der Waals surface area contributed by atoms with E-state index in [4.69, 9.17) is 8.83 Å². The third kappa shape index (κ3) is 4.78. The minimum atomic E-state index is -0.229. The maximum Gasteiger partial charge on any atom is 0.135 e. The first-order valence-corrected chi connectivity index (χ1v) is 20.7. The molecule has 3 aromatic heterocycles. The molecule has 13 rings (SSSR count). The van der Waals surface area contributed by atoms with Gasteiger partial charge in [0.15, 0.2) is 0 Å². The van der Waals surface area contributed by atoms with Crippen molar-refractivity contribution >= 4 is 65.7 Å². The summed E-state index contributed by atoms with van der Waals surface area (Å²) >= 11 is 0. The Labute approximate surface area is 346 Å². The van der Waals surface area contributed by atoms with Crippen molar-refractivity contribution in [2.75, 3.05) is 0 Å². The highest BCUT2D eigenvalue weighted by Gasteiger charge is 2.37. The first-order chi connectivity index (χ1) is 29.5. The average Bonchev–Trinajstić information content (AvgIpc) is 4.01. The van der Waals surface area contributed by atoms with Crippen LogP contribution in [0, 0.1) is 0 Å². The summed E-state index contributed by atoms with van der Waals surface area (Å²) in [5.74, 6) is 0. The second-order valence-electron chi connectivity index (χ2n) is 16.9. The van der Waals surface area contributed by atoms with Gasteiger partial charge in [-0.3, -0.25) is 0 Å². The van der Waals surface area contributed by atoms with Gasteiger partial charge in [0.25, 0.3) is 0 Å². The van der Waals surface area contributed by atoms with Gasteiger partial charge in [-0.25, -0.2) is 0 Å². The van der Waals surface area contributed by atoms with Crippen molar-refractivity contribution in [2.45, 2.75) is 19.3 Å². The maximum absolute atomic E-state index is 6.57. The zero-order chi connectivity index (χ0) is 39.7. The Morgan fingerprint density at radius 3 is 1.32 bits per heavy atom. The van der Waals surface area contributed by atoms with Crippen molar-refractivity contribution in [1.29, 1.82) is 0 Å². The predicted octanol–water partition coefficient (Wildman–Crippen LogP) is 15.9. The molecule has 0 atom stereocenters. The molecule has 0 spiro atoms. The summed E-state index contributed by atoms with van der Waals surface area (Å²) in [6.45, 7) is 4.72. The summed E-state index contributed by atoms with van der Waals surface area (Å²) in [5.41, 5.74) is 19.3. The second-order valence-corrected chi connectivity index (χ2v) is 16.9. The van der Waals surface area contributed by atoms with Gasteiger partial charge in [0.05, 0.1) is 11.0 Å². The number of aromatic nitrogens is 1. The van der Waals surface area contributed by atoms with Crippen molar-refractivity contribution < 1.29 is 8.83 Å². The predicted molar refractivity (Wildman–Crippen MR) is 249 cm³/mol. The Balaban J connectivity index is 1.02. The van der Waals surface area contributed by atoms with E-state index in [9.17, 15) is 0 Å². The molecule has 12 aromatic rings. The van der Waals surface area contributed by atoms with E-state index in [2.05, 4.69) is 206 Å². The maximum atomic E-state index is 6.57. The monoisotopic (exact) mass is 767 g/mol. The number of furan rings is 2. The summed E-state index contributed by atoms with van der Waals surface area (Å²) in [4.78, 5) is 0. The van der Waals surface area contributed by atoms with Gasteiger partial charge in [-0.05, 0) is 141 Å². The molecule has 0 amide bonds. The fourth-order valence-corrected chi connectivity index (χ4v) is 10.1. The molecule has 0 N–H and O–H groups in total. The zero-order valence-electron chi connectivity index (χ0n) is 33.2. The van der Waals surface area contributed by atoms with E-state index in [1.165, 1.54) is 71.9 Å². The topological polar surface area (TPSA) is 31.2 Å². The van der Waals surface area contributed by atoms with E-state index in [-0.39, 0.29) is 5.41 Å². The van der Waals surface area contributed by atoms with E-state index >= 15 is 0 Å². The van der Waals surface area contributed by atoms with E-state index in [0.29, 0.717) is 0 Å². The molecule has 1 aliphatic rings. The second kappa shape index (κ2) is 12.2. The number of nitrogens with zero attached hydrogens (tertiary/aromatic N) is 1. The van der Waals surface area contributed by atoms with Crippen LogP contribution in [-0.2, 0) is 5.41 Å². The number of benzene rings is 9. The fourth-order valence-electron chi connectivity index (χ4n) is 10.1. The molecule has 60 heavy (non-hydrogen) atoms. The lowest BCUT2D eigenvalue weighted by Crippen LogP contribution is -2.15. The van der Waals surface area contributed by atoms with Gasteiger partial charge in [-0.2, -0.15) is 0 Å². The van der Waals surface area contributed by atoms with E-state index < -0.39 is 0 Å². The van der Waals surface area contributed by atoms with Crippen LogP contribution in [0.3, 0.4) is 0 Å². The van der Waals surface area contributed by atoms with Crippen molar-refractivity contribution in [3.8, 4) is 50.2 Å². The van der Waals surface area contributed by atoms with Gasteiger partial charge >= 0.3 is 0 Å². The van der Waals surface area contributed by atoms with Crippen LogP contribution in [0.15, 0.2) is 197 Å². The summed E-state index contributed by atoms with van der Waals surface area (Å²) in [7, 11) is 0. The Morgan fingerprint density at radius 1 is 0.333 bits per heavy atom. The lowest BCUT2D eigenvalue weighted by atomic mass is 9.82. The van der Waals surface area contributed by atoms with E-state index in [1.807, 2.05) is 0 Å². The van der Waals surface area contributed by atoms with Gasteiger partial charge in [0.2, 0.25) is 0 Å². The highest BCUT2D eigenvalue weighted by Crippen LogP contribution is 2.53. The number of para-hydroxylation sites is 1. The van der Waals surface area contributed by atoms with Gasteiger partial charge in [-0.1, -0.05) is 117 Å². The number of hydrogen-bond acceptors (Lipinski definition) is 2. The van der Waals surface area contributed by atoms with Crippen molar-refractivity contribution in [3.05, 3.63) is 199 Å². The summed E-state index contributed by atoms with van der Waals surface area (Å²) in [6.07, 6.45) is 0. The van der Waals surface area contributed by atoms with Crippen molar-refractivity contribution in [3.63, 3.8) is 0 Å². The summed E-state index contributed by atoms with van der Waals surface area (Å²) in [6, 6.07) is 68.2. The molecule has 0 saturated carbocycles. The molecule has 0 unspecified atom stereocenters. The lowest BCUT2D eigenvalue weighted by molar-refractivity contribution is 0.647. The van der Waals surface area contributed by atoms with Crippen molar-refractivity contribution in [2.24, 2.45) is 0 Å². The molecule has 9 aromatic carbocycles. The molecule has 0 radical (unpaired) electrons. The standard InChI is InChI=1S/C57H37NO2/c1-57(2)49-32-52-44(30-41(49)42-31-48-47-28-37(35-14-8-4-9-15-35)20-24-55(47)60-56(48)33-50(42)57)43-26-38(18-22-51(43)58(52)40-16-10-5-11-17-40)39-21-25-54-46(29-39)45-27-36(19-23-53(45)59-54)34-12-6-3-7-13-34/h3-33H,1-2H3. The van der Waals surface area contributed by atoms with Crippen LogP contribution in [0.25, 0.3) is 116 Å². The molecule has 282 valence electrons. The van der Waals surface area contributed by atoms with Gasteiger partial charge < -0.3 is 13.4 Å². The Morgan fingerprint density at radius 2 is 0.750 bits per heavy atom. The van der Waals surface area contributed by atoms with E-state index in [1.54, 1.807) is 0 Å². The van der Waals surface area contributed by atoms with Crippen LogP contribution in [0.4, 0.5) is 0 Å². The van der Waals surface area contributed by atoms with Gasteiger partial charge in [0, 0.05) is 43.4 Å². The van der Waals surface area contributed by atoms with E-state index in [0.717, 1.165) is 55.1 Å². The van der Waals surface area contributed by atoms with Gasteiger partial charge in [0.1, 0.15) is 22.3 Å². The molecule has 3 heterocycles. The quantitative estimate of drug-likeness (QED) is 0.179. The highest BCUT2D eigenvalue weighted by molar-refractivity contribution is 6.15. The zero-order valence-corrected chi connectivity index (χ0v) is 33.2. The van der Waals surface area contributed by atoms with Crippen LogP contribution in [0.2, 0.25) is 0 Å². The molecule has 3 heteroatoms. The SMILES string of the molecule is CC1(C)c2cc3oc4ccc(-c5ccccc5)cc4c3cc2-c2cc3c4cc(-c5ccc6oc7ccc(-c8ccccc8)cc7c6c5)ccc4n(-c4ccccc4)c3cc21. The Kier molecular flexibility index (Phi) is 6.78. The normalized spacial score (nSPS) is 13.3. The van der Waals surface area contributed by atoms with Crippen LogP contribution >= 0.6 is 0 Å². The first kappa shape index (κ1) is 33.4. The molecule has 0 aliphatic heterocycles. The fraction of sp³-hybridized carbons (Fsp3) is 0.0526. The van der Waals surface area contributed by atoms with Crippen LogP contribution < -0.4 is 0 Å². The average molecular weight is 768 g/mol. The van der Waals surface area contributed by atoms with Gasteiger partial charge in [-0.15, -0.1) is 0 Å². The highest BCUT2D eigenvalue weighted by atomic mass is 16.3. The Hall–Kier alpha value is -7.62. The lowest BCUT2D eigenvalue weighted by Gasteiger charge is -2.21. The number of fused-ring (bicyclic) bond motifs is 12. The minimum Gasteiger partial charge on any atom is -0.456 e. The van der Waals surface area contributed by atoms with Crippen LogP contribution in [0.5, 0.6) is 0 Å². The smallest absolute Gasteiger partial charge is 0.135 e. The molecular formula is C57H37NO2. The third-order valence-electron chi connectivity index (χ3n) is 13.2. The van der Waals surface area contributed by atoms with Crippen LogP contribution in [-0.4, -0.2) is 4.57 Å². The molecule has 3 nitrogen and oxygen atoms in total. The first-order valence-electron chi connectivity index (χ1n) is 20.7. The molecular weight excluding hydrogens is 731 g/mol. The van der Waals surface area contributed by atoms with Crippen molar-refractivity contribution in [1.82, 2.24) is 4.57 Å². The summed E-state index contributed by atoms with van der Waals surface area (Å²) < 4.78 is 15.4. The molecule has 0 bridgehead atoms. The number of hydrogen-bond donors (Lipinski definition) is 0. The molecule has 0 saturated heterocycles. The molecule has 1 aliphatic carbocycles. The summed E-state index contributed by atoms with van der Waals surface area (Å²) in [5, 5.41) is 7.01. The largest absolute Gasteiger partial charge is 0.456 e. The molecule has 0 fully saturated rings. The van der Waals surface area contributed by atoms with Crippen LogP contribution in [0.1, 0.15) is 25.0 Å². The minimum absolute atomic E-state index is 0.229. The third-order valence-corrected chi connectivity index (χ3v) is 13.2.